The van der Waals surface area contributed by atoms with Gasteiger partial charge in [0.2, 0.25) is 5.91 Å². The highest BCUT2D eigenvalue weighted by Crippen LogP contribution is 2.34. The molecule has 7 heteroatoms. The van der Waals surface area contributed by atoms with Crippen molar-refractivity contribution in [1.29, 1.82) is 0 Å². The van der Waals surface area contributed by atoms with Gasteiger partial charge in [-0.2, -0.15) is 0 Å². The maximum Gasteiger partial charge on any atom is 0.227 e. The molecule has 0 aliphatic carbocycles. The number of aryl methyl sites for hydroxylation is 1. The predicted octanol–water partition coefficient (Wildman–Crippen LogP) is 4.43. The summed E-state index contributed by atoms with van der Waals surface area (Å²) < 4.78 is 0. The molecule has 1 unspecified atom stereocenters. The average molecular weight is 454 g/mol. The van der Waals surface area contributed by atoms with E-state index in [1.54, 1.807) is 0 Å². The summed E-state index contributed by atoms with van der Waals surface area (Å²) >= 11 is 6.54. The molecule has 1 saturated heterocycles. The van der Waals surface area contributed by atoms with Crippen LogP contribution in [-0.4, -0.2) is 73.0 Å². The van der Waals surface area contributed by atoms with Crippen LogP contribution in [0.5, 0.6) is 0 Å². The zero-order valence-corrected chi connectivity index (χ0v) is 20.1. The lowest BCUT2D eigenvalue weighted by atomic mass is 10.1. The maximum absolute atomic E-state index is 12.9. The van der Waals surface area contributed by atoms with Crippen LogP contribution in [0, 0.1) is 12.8 Å². The van der Waals surface area contributed by atoms with Crippen LogP contribution in [0.15, 0.2) is 36.4 Å². The standard InChI is InChI=1S/C25H32ClN5O/c1-17-6-9-22-23(14-17)28-24(27-22)20-15-19(7-8-21(20)26)31-13-10-18(16-31)25(32)30(4)12-5-11-29(2)3/h6-9,14-15,18H,5,10-13,16H2,1-4H3,(H,27,28). The minimum Gasteiger partial charge on any atom is -0.371 e. The number of hydrogen-bond donors (Lipinski definition) is 1. The number of carbonyl (C=O) groups is 1. The molecule has 1 amide bonds. The van der Waals surface area contributed by atoms with Gasteiger partial charge >= 0.3 is 0 Å². The number of hydrogen-bond acceptors (Lipinski definition) is 4. The van der Waals surface area contributed by atoms with Gasteiger partial charge in [0, 0.05) is 37.9 Å². The van der Waals surface area contributed by atoms with E-state index in [2.05, 4.69) is 54.0 Å². The number of nitrogens with one attached hydrogen (secondary N) is 1. The molecule has 1 aliphatic heterocycles. The lowest BCUT2D eigenvalue weighted by Gasteiger charge is -2.23. The molecule has 0 saturated carbocycles. The van der Waals surface area contributed by atoms with Gasteiger partial charge in [-0.1, -0.05) is 17.7 Å². The van der Waals surface area contributed by atoms with Gasteiger partial charge in [0.15, 0.2) is 0 Å². The van der Waals surface area contributed by atoms with E-state index in [0.717, 1.165) is 67.1 Å². The van der Waals surface area contributed by atoms with Gasteiger partial charge in [-0.25, -0.2) is 4.98 Å². The van der Waals surface area contributed by atoms with Crippen molar-refractivity contribution in [2.75, 3.05) is 52.2 Å². The summed E-state index contributed by atoms with van der Waals surface area (Å²) in [5.41, 5.74) is 5.07. The second kappa shape index (κ2) is 9.51. The fourth-order valence-electron chi connectivity index (χ4n) is 4.38. The lowest BCUT2D eigenvalue weighted by Crippen LogP contribution is -2.36. The van der Waals surface area contributed by atoms with Crippen molar-refractivity contribution >= 4 is 34.2 Å². The molecule has 1 aromatic heterocycles. The highest BCUT2D eigenvalue weighted by atomic mass is 35.5. The van der Waals surface area contributed by atoms with Gasteiger partial charge in [0.05, 0.1) is 22.0 Å². The topological polar surface area (TPSA) is 55.5 Å². The Morgan fingerprint density at radius 1 is 1.19 bits per heavy atom. The summed E-state index contributed by atoms with van der Waals surface area (Å²) in [6, 6.07) is 12.2. The SMILES string of the molecule is Cc1ccc2[nH]c(-c3cc(N4CCC(C(=O)N(C)CCCN(C)C)C4)ccc3Cl)nc2c1. The maximum atomic E-state index is 12.9. The molecule has 6 nitrogen and oxygen atoms in total. The lowest BCUT2D eigenvalue weighted by molar-refractivity contribution is -0.133. The van der Waals surface area contributed by atoms with Gasteiger partial charge in [0.25, 0.3) is 0 Å². The highest BCUT2D eigenvalue weighted by Gasteiger charge is 2.30. The third kappa shape index (κ3) is 4.92. The number of aromatic nitrogens is 2. The van der Waals surface area contributed by atoms with E-state index < -0.39 is 0 Å². The van der Waals surface area contributed by atoms with Crippen molar-refractivity contribution in [3.8, 4) is 11.4 Å². The van der Waals surface area contributed by atoms with Crippen LogP contribution < -0.4 is 4.90 Å². The zero-order valence-electron chi connectivity index (χ0n) is 19.4. The van der Waals surface area contributed by atoms with Crippen LogP contribution in [0.2, 0.25) is 5.02 Å². The molecule has 2 heterocycles. The molecule has 1 fully saturated rings. The van der Waals surface area contributed by atoms with Crippen LogP contribution in [0.3, 0.4) is 0 Å². The number of aromatic amines is 1. The van der Waals surface area contributed by atoms with Gasteiger partial charge < -0.3 is 19.7 Å². The Balaban J connectivity index is 1.47. The Morgan fingerprint density at radius 2 is 2.00 bits per heavy atom. The summed E-state index contributed by atoms with van der Waals surface area (Å²) in [5, 5.41) is 0.664. The largest absolute Gasteiger partial charge is 0.371 e. The van der Waals surface area contributed by atoms with Crippen molar-refractivity contribution in [2.24, 2.45) is 5.92 Å². The van der Waals surface area contributed by atoms with E-state index in [9.17, 15) is 4.79 Å². The summed E-state index contributed by atoms with van der Waals surface area (Å²) in [6.07, 6.45) is 1.86. The Hall–Kier alpha value is -2.57. The van der Waals surface area contributed by atoms with E-state index in [-0.39, 0.29) is 11.8 Å². The van der Waals surface area contributed by atoms with Crippen LogP contribution in [-0.2, 0) is 4.79 Å². The Morgan fingerprint density at radius 3 is 2.78 bits per heavy atom. The summed E-state index contributed by atoms with van der Waals surface area (Å²) in [4.78, 5) is 27.4. The van der Waals surface area contributed by atoms with Crippen LogP contribution in [0.25, 0.3) is 22.4 Å². The number of nitrogens with zero attached hydrogens (tertiary/aromatic N) is 4. The number of benzene rings is 2. The van der Waals surface area contributed by atoms with Crippen LogP contribution in [0.1, 0.15) is 18.4 Å². The van der Waals surface area contributed by atoms with E-state index in [4.69, 9.17) is 16.6 Å². The minimum absolute atomic E-state index is 0.0349. The molecule has 32 heavy (non-hydrogen) atoms. The van der Waals surface area contributed by atoms with E-state index in [1.165, 1.54) is 5.56 Å². The summed E-state index contributed by atoms with van der Waals surface area (Å²) in [5.74, 6) is 1.05. The van der Waals surface area contributed by atoms with E-state index in [1.807, 2.05) is 30.1 Å². The van der Waals surface area contributed by atoms with Crippen molar-refractivity contribution in [3.63, 3.8) is 0 Å². The summed E-state index contributed by atoms with van der Waals surface area (Å²) in [7, 11) is 6.04. The second-order valence-electron chi connectivity index (χ2n) is 9.12. The molecule has 3 aromatic rings. The van der Waals surface area contributed by atoms with Gasteiger partial charge in [0.1, 0.15) is 5.82 Å². The molecule has 0 spiro atoms. The molecule has 1 atom stereocenters. The molecule has 0 radical (unpaired) electrons. The summed E-state index contributed by atoms with van der Waals surface area (Å²) in [6.45, 7) is 5.44. The minimum atomic E-state index is 0.0349. The van der Waals surface area contributed by atoms with Gasteiger partial charge in [-0.3, -0.25) is 4.79 Å². The molecule has 1 aliphatic rings. The van der Waals surface area contributed by atoms with Crippen LogP contribution in [0.4, 0.5) is 5.69 Å². The number of H-pyrrole nitrogens is 1. The Bertz CT molecular complexity index is 1110. The number of rotatable bonds is 7. The van der Waals surface area contributed by atoms with Gasteiger partial charge in [-0.15, -0.1) is 0 Å². The average Bonchev–Trinajstić information content (AvgIpc) is 3.40. The first-order valence-corrected chi connectivity index (χ1v) is 11.6. The van der Waals surface area contributed by atoms with E-state index in [0.29, 0.717) is 5.02 Å². The first-order valence-electron chi connectivity index (χ1n) is 11.2. The Labute approximate surface area is 195 Å². The Kier molecular flexibility index (Phi) is 6.72. The quantitative estimate of drug-likeness (QED) is 0.575. The molecule has 0 bridgehead atoms. The predicted molar refractivity (Wildman–Crippen MR) is 132 cm³/mol. The normalized spacial score (nSPS) is 16.3. The number of amides is 1. The van der Waals surface area contributed by atoms with Gasteiger partial charge in [-0.05, 0) is 76.3 Å². The number of imidazole rings is 1. The molecule has 2 aromatic carbocycles. The van der Waals surface area contributed by atoms with Crippen LogP contribution >= 0.6 is 11.6 Å². The number of anilines is 1. The number of carbonyl (C=O) groups excluding carboxylic acids is 1. The first-order chi connectivity index (χ1) is 15.3. The second-order valence-corrected chi connectivity index (χ2v) is 9.53. The molecular formula is C25H32ClN5O. The molecule has 4 rings (SSSR count). The molecule has 1 N–H and O–H groups in total. The van der Waals surface area contributed by atoms with Crippen molar-refractivity contribution in [3.05, 3.63) is 47.0 Å². The highest BCUT2D eigenvalue weighted by molar-refractivity contribution is 6.33. The number of halogens is 1. The van der Waals surface area contributed by atoms with Crippen molar-refractivity contribution in [1.82, 2.24) is 19.8 Å². The van der Waals surface area contributed by atoms with Crippen molar-refractivity contribution < 1.29 is 4.79 Å². The van der Waals surface area contributed by atoms with Crippen molar-refractivity contribution in [2.45, 2.75) is 19.8 Å². The first kappa shape index (κ1) is 22.6. The fraction of sp³-hybridized carbons (Fsp3) is 0.440. The third-order valence-corrected chi connectivity index (χ3v) is 6.55. The number of fused-ring (bicyclic) bond motifs is 1. The third-order valence-electron chi connectivity index (χ3n) is 6.22. The van der Waals surface area contributed by atoms with E-state index >= 15 is 0 Å². The fourth-order valence-corrected chi connectivity index (χ4v) is 4.58. The molecular weight excluding hydrogens is 422 g/mol. The molecule has 170 valence electrons. The monoisotopic (exact) mass is 453 g/mol. The zero-order chi connectivity index (χ0) is 22.8. The smallest absolute Gasteiger partial charge is 0.227 e.